The average molecular weight is 271 g/mol. The topological polar surface area (TPSA) is 35.5 Å². The van der Waals surface area contributed by atoms with E-state index in [9.17, 15) is 4.79 Å². The Morgan fingerprint density at radius 2 is 2.07 bits per heavy atom. The van der Waals surface area contributed by atoms with Gasteiger partial charge in [0, 0.05) is 0 Å². The maximum atomic E-state index is 11.2. The molecule has 0 amide bonds. The summed E-state index contributed by atoms with van der Waals surface area (Å²) in [6, 6.07) is 5.29. The lowest BCUT2D eigenvalue weighted by Gasteiger charge is -2.07. The Labute approximate surface area is 96.8 Å². The van der Waals surface area contributed by atoms with Gasteiger partial charge >= 0.3 is 5.97 Å². The molecule has 1 rings (SSSR count). The highest BCUT2D eigenvalue weighted by atomic mass is 79.9. The number of benzene rings is 1. The second-order valence-corrected chi connectivity index (χ2v) is 3.67. The third-order valence-corrected chi connectivity index (χ3v) is 2.59. The summed E-state index contributed by atoms with van der Waals surface area (Å²) in [7, 11) is 2.88. The second-order valence-electron chi connectivity index (χ2n) is 2.82. The second kappa shape index (κ2) is 4.98. The van der Waals surface area contributed by atoms with E-state index in [0.717, 1.165) is 4.47 Å². The van der Waals surface area contributed by atoms with E-state index in [2.05, 4.69) is 27.2 Å². The zero-order chi connectivity index (χ0) is 11.4. The van der Waals surface area contributed by atoms with Gasteiger partial charge < -0.3 is 9.47 Å². The number of halogens is 1. The molecule has 4 heteroatoms. The molecule has 1 aromatic rings. The van der Waals surface area contributed by atoms with Crippen LogP contribution in [0, 0.1) is 0 Å². The third kappa shape index (κ3) is 2.59. The molecule has 0 aliphatic carbocycles. The van der Waals surface area contributed by atoms with Crippen LogP contribution in [0.4, 0.5) is 0 Å². The van der Waals surface area contributed by atoms with Gasteiger partial charge in [0.25, 0.3) is 0 Å². The predicted octanol–water partition coefficient (Wildman–Crippen LogP) is 2.64. The minimum atomic E-state index is -0.445. The predicted molar refractivity (Wildman–Crippen MR) is 61.7 cm³/mol. The van der Waals surface area contributed by atoms with Crippen LogP contribution in [0.15, 0.2) is 29.3 Å². The van der Waals surface area contributed by atoms with Gasteiger partial charge in [-0.05, 0) is 33.6 Å². The molecule has 0 saturated heterocycles. The third-order valence-electron chi connectivity index (χ3n) is 1.93. The van der Waals surface area contributed by atoms with Crippen molar-refractivity contribution < 1.29 is 14.3 Å². The van der Waals surface area contributed by atoms with Gasteiger partial charge in [0.1, 0.15) is 5.75 Å². The molecule has 0 aliphatic rings. The SMILES string of the molecule is C=C(C(=O)OC)c1ccc(Br)c(OC)c1. The number of hydrogen-bond donors (Lipinski definition) is 0. The lowest BCUT2D eigenvalue weighted by atomic mass is 10.1. The molecule has 0 atom stereocenters. The Bertz CT molecular complexity index is 399. The standard InChI is InChI=1S/C11H11BrO3/c1-7(11(13)15-3)8-4-5-9(12)10(6-8)14-2/h4-6H,1H2,2-3H3. The summed E-state index contributed by atoms with van der Waals surface area (Å²) in [5.74, 6) is 0.205. The monoisotopic (exact) mass is 270 g/mol. The van der Waals surface area contributed by atoms with Crippen LogP contribution in [0.1, 0.15) is 5.56 Å². The van der Waals surface area contributed by atoms with Gasteiger partial charge in [-0.2, -0.15) is 0 Å². The van der Waals surface area contributed by atoms with E-state index in [1.54, 1.807) is 25.3 Å². The van der Waals surface area contributed by atoms with E-state index in [1.165, 1.54) is 7.11 Å². The summed E-state index contributed by atoms with van der Waals surface area (Å²) in [5, 5.41) is 0. The largest absolute Gasteiger partial charge is 0.496 e. The van der Waals surface area contributed by atoms with Crippen LogP contribution in [0.25, 0.3) is 5.57 Å². The quantitative estimate of drug-likeness (QED) is 0.626. The molecule has 0 bridgehead atoms. The van der Waals surface area contributed by atoms with Crippen molar-refractivity contribution in [1.29, 1.82) is 0 Å². The molecule has 0 spiro atoms. The molecule has 0 aliphatic heterocycles. The lowest BCUT2D eigenvalue weighted by molar-refractivity contribution is -0.133. The van der Waals surface area contributed by atoms with Crippen LogP contribution in [0.2, 0.25) is 0 Å². The Hall–Kier alpha value is -1.29. The highest BCUT2D eigenvalue weighted by Gasteiger charge is 2.11. The first kappa shape index (κ1) is 11.8. The van der Waals surface area contributed by atoms with E-state index < -0.39 is 5.97 Å². The van der Waals surface area contributed by atoms with Gasteiger partial charge in [0.05, 0.1) is 24.3 Å². The lowest BCUT2D eigenvalue weighted by Crippen LogP contribution is -2.02. The molecule has 0 heterocycles. The normalized spacial score (nSPS) is 9.53. The van der Waals surface area contributed by atoms with E-state index in [0.29, 0.717) is 16.9 Å². The molecule has 80 valence electrons. The number of carbonyl (C=O) groups excluding carboxylic acids is 1. The number of carbonyl (C=O) groups is 1. The molecule has 0 fully saturated rings. The summed E-state index contributed by atoms with van der Waals surface area (Å²) in [4.78, 5) is 11.2. The number of hydrogen-bond acceptors (Lipinski definition) is 3. The minimum Gasteiger partial charge on any atom is -0.496 e. The van der Waals surface area contributed by atoms with Crippen molar-refractivity contribution in [3.63, 3.8) is 0 Å². The fraction of sp³-hybridized carbons (Fsp3) is 0.182. The molecule has 0 aromatic heterocycles. The fourth-order valence-electron chi connectivity index (χ4n) is 1.09. The molecule has 1 aromatic carbocycles. The van der Waals surface area contributed by atoms with E-state index in [1.807, 2.05) is 0 Å². The van der Waals surface area contributed by atoms with Crippen LogP contribution in [-0.4, -0.2) is 20.2 Å². The van der Waals surface area contributed by atoms with E-state index >= 15 is 0 Å². The Balaban J connectivity index is 3.06. The van der Waals surface area contributed by atoms with Crippen molar-refractivity contribution in [2.75, 3.05) is 14.2 Å². The zero-order valence-electron chi connectivity index (χ0n) is 8.54. The number of methoxy groups -OCH3 is 2. The first-order valence-corrected chi connectivity index (χ1v) is 5.00. The minimum absolute atomic E-state index is 0.309. The zero-order valence-corrected chi connectivity index (χ0v) is 10.1. The smallest absolute Gasteiger partial charge is 0.337 e. The van der Waals surface area contributed by atoms with Gasteiger partial charge in [-0.25, -0.2) is 4.79 Å². The van der Waals surface area contributed by atoms with Crippen molar-refractivity contribution in [2.24, 2.45) is 0 Å². The van der Waals surface area contributed by atoms with Crippen molar-refractivity contribution in [3.05, 3.63) is 34.8 Å². The number of rotatable bonds is 3. The molecule has 0 unspecified atom stereocenters. The summed E-state index contributed by atoms with van der Waals surface area (Å²) in [6.07, 6.45) is 0. The molecule has 15 heavy (non-hydrogen) atoms. The maximum Gasteiger partial charge on any atom is 0.337 e. The molecular formula is C11H11BrO3. The van der Waals surface area contributed by atoms with Crippen LogP contribution < -0.4 is 4.74 Å². The highest BCUT2D eigenvalue weighted by Crippen LogP contribution is 2.28. The summed E-state index contributed by atoms with van der Waals surface area (Å²) in [5.41, 5.74) is 0.991. The van der Waals surface area contributed by atoms with Crippen molar-refractivity contribution in [3.8, 4) is 5.75 Å². The Morgan fingerprint density at radius 3 is 2.60 bits per heavy atom. The van der Waals surface area contributed by atoms with Gasteiger partial charge in [0.15, 0.2) is 0 Å². The van der Waals surface area contributed by atoms with Crippen molar-refractivity contribution in [2.45, 2.75) is 0 Å². The molecule has 3 nitrogen and oxygen atoms in total. The number of ether oxygens (including phenoxy) is 2. The van der Waals surface area contributed by atoms with Crippen molar-refractivity contribution in [1.82, 2.24) is 0 Å². The maximum absolute atomic E-state index is 11.2. The first-order chi connectivity index (χ1) is 7.10. The van der Waals surface area contributed by atoms with Crippen LogP contribution >= 0.6 is 15.9 Å². The Kier molecular flexibility index (Phi) is 3.91. The van der Waals surface area contributed by atoms with Gasteiger partial charge in [-0.1, -0.05) is 12.6 Å². The molecule has 0 radical (unpaired) electrons. The van der Waals surface area contributed by atoms with E-state index in [4.69, 9.17) is 4.74 Å². The Morgan fingerprint density at radius 1 is 1.40 bits per heavy atom. The van der Waals surface area contributed by atoms with Gasteiger partial charge in [0.2, 0.25) is 0 Å². The first-order valence-electron chi connectivity index (χ1n) is 4.21. The summed E-state index contributed by atoms with van der Waals surface area (Å²) >= 11 is 3.32. The molecule has 0 saturated carbocycles. The highest BCUT2D eigenvalue weighted by molar-refractivity contribution is 9.10. The number of esters is 1. The molecular weight excluding hydrogens is 260 g/mol. The van der Waals surface area contributed by atoms with Gasteiger partial charge in [-0.3, -0.25) is 0 Å². The van der Waals surface area contributed by atoms with Crippen LogP contribution in [-0.2, 0) is 9.53 Å². The van der Waals surface area contributed by atoms with Gasteiger partial charge in [-0.15, -0.1) is 0 Å². The summed E-state index contributed by atoms with van der Waals surface area (Å²) in [6.45, 7) is 3.66. The van der Waals surface area contributed by atoms with E-state index in [-0.39, 0.29) is 0 Å². The fourth-order valence-corrected chi connectivity index (χ4v) is 1.50. The van der Waals surface area contributed by atoms with Crippen molar-refractivity contribution >= 4 is 27.5 Å². The van der Waals surface area contributed by atoms with Crippen LogP contribution in [0.3, 0.4) is 0 Å². The molecule has 0 N–H and O–H groups in total. The summed E-state index contributed by atoms with van der Waals surface area (Å²) < 4.78 is 10.5. The average Bonchev–Trinajstić information content (AvgIpc) is 2.27. The van der Waals surface area contributed by atoms with Crippen LogP contribution in [0.5, 0.6) is 5.75 Å².